The van der Waals surface area contributed by atoms with E-state index in [1.165, 1.54) is 162 Å². The molecule has 7 aromatic carbocycles. The van der Waals surface area contributed by atoms with Crippen molar-refractivity contribution in [2.24, 2.45) is 0 Å². The molecule has 12 rings (SSSR count). The van der Waals surface area contributed by atoms with Gasteiger partial charge in [0.05, 0.1) is 0 Å². The number of hydrogen-bond donors (Lipinski definition) is 0. The first-order chi connectivity index (χ1) is 36.5. The highest BCUT2D eigenvalue weighted by Crippen LogP contribution is 2.59. The Balaban J connectivity index is 0.929. The molecule has 3 aliphatic carbocycles. The molecular formula is C70H70N2S2. The number of hydrogen-bond acceptors (Lipinski definition) is 4. The standard InChI is InChI=1S/C70H70N2S2/c1-4-7-8-21-44-69(45-22-9-10-23-46-70(52-35-34-50-32-33-51(50)47-52)63-30-19-17-28-59(63)60-29-18-20-31-64(60)70)65-48-55(71(53-24-13-11-14-25-53)67-42-38-57(5-2)73-67)36-40-61(65)62-41-37-56(49-66(62)69)72(54-26-15-12-16-27-54)68-43-39-58(6-3)74-68/h11-20,24-31,34-43,47-49H,4-10,21-23,32-33,44-46H2,1-3H3. The van der Waals surface area contributed by atoms with E-state index < -0.39 is 0 Å². The number of rotatable bonds is 21. The second-order valence-corrected chi connectivity index (χ2v) is 23.6. The molecule has 0 aliphatic heterocycles. The van der Waals surface area contributed by atoms with Crippen LogP contribution in [-0.4, -0.2) is 0 Å². The van der Waals surface area contributed by atoms with Crippen LogP contribution in [0, 0.1) is 0 Å². The van der Waals surface area contributed by atoms with Crippen LogP contribution >= 0.6 is 22.7 Å². The molecule has 0 atom stereocenters. The first-order valence-electron chi connectivity index (χ1n) is 28.0. The first kappa shape index (κ1) is 48.5. The van der Waals surface area contributed by atoms with E-state index in [1.807, 2.05) is 22.7 Å². The van der Waals surface area contributed by atoms with E-state index in [0.29, 0.717) is 0 Å². The van der Waals surface area contributed by atoms with Crippen LogP contribution in [0.15, 0.2) is 188 Å². The van der Waals surface area contributed by atoms with Crippen LogP contribution in [0.25, 0.3) is 22.3 Å². The SMILES string of the molecule is CCCCCCC1(CCCCCCC2(c3ccc4c(c3)CC4)c3ccccc3-c3ccccc32)c2cc(N(c3ccccc3)c3ccc(CC)s3)ccc2-c2ccc(N(c3ccccc3)c3ccc(CC)s3)cc21. The van der Waals surface area contributed by atoms with Crippen molar-refractivity contribution in [2.75, 3.05) is 9.80 Å². The molecule has 0 N–H and O–H groups in total. The summed E-state index contributed by atoms with van der Waals surface area (Å²) in [6.07, 6.45) is 17.6. The maximum Gasteiger partial charge on any atom is 0.100 e. The Morgan fingerprint density at radius 3 is 1.32 bits per heavy atom. The number of benzene rings is 7. The highest BCUT2D eigenvalue weighted by atomic mass is 32.1. The van der Waals surface area contributed by atoms with E-state index >= 15 is 0 Å². The zero-order valence-electron chi connectivity index (χ0n) is 43.7. The van der Waals surface area contributed by atoms with Crippen molar-refractivity contribution >= 4 is 55.4 Å². The molecule has 2 heterocycles. The third-order valence-corrected chi connectivity index (χ3v) is 19.5. The Labute approximate surface area is 449 Å². The fourth-order valence-electron chi connectivity index (χ4n) is 13.3. The summed E-state index contributed by atoms with van der Waals surface area (Å²) in [5.74, 6) is 0. The van der Waals surface area contributed by atoms with Crippen LogP contribution < -0.4 is 9.80 Å². The third-order valence-electron chi connectivity index (χ3n) is 17.1. The summed E-state index contributed by atoms with van der Waals surface area (Å²) in [6, 6.07) is 72.6. The van der Waals surface area contributed by atoms with Gasteiger partial charge in [0.15, 0.2) is 0 Å². The van der Waals surface area contributed by atoms with Crippen LogP contribution in [0.1, 0.15) is 140 Å². The summed E-state index contributed by atoms with van der Waals surface area (Å²) >= 11 is 3.84. The smallest absolute Gasteiger partial charge is 0.100 e. The minimum absolute atomic E-state index is 0.134. The maximum atomic E-state index is 2.63. The zero-order chi connectivity index (χ0) is 50.1. The van der Waals surface area contributed by atoms with Gasteiger partial charge in [-0.25, -0.2) is 0 Å². The average Bonchev–Trinajstić information content (AvgIpc) is 4.24. The van der Waals surface area contributed by atoms with Gasteiger partial charge in [-0.15, -0.1) is 22.7 Å². The highest BCUT2D eigenvalue weighted by Gasteiger charge is 2.46. The summed E-state index contributed by atoms with van der Waals surface area (Å²) in [6.45, 7) is 6.90. The van der Waals surface area contributed by atoms with E-state index in [4.69, 9.17) is 0 Å². The number of thiophene rings is 2. The lowest BCUT2D eigenvalue weighted by Gasteiger charge is -2.35. The lowest BCUT2D eigenvalue weighted by atomic mass is 9.67. The monoisotopic (exact) mass is 1000 g/mol. The average molecular weight is 1000 g/mol. The summed E-state index contributed by atoms with van der Waals surface area (Å²) in [5.41, 5.74) is 20.9. The van der Waals surface area contributed by atoms with E-state index in [0.717, 1.165) is 32.1 Å². The Morgan fingerprint density at radius 1 is 0.378 bits per heavy atom. The molecule has 74 heavy (non-hydrogen) atoms. The fourth-order valence-corrected chi connectivity index (χ4v) is 15.2. The predicted octanol–water partition coefficient (Wildman–Crippen LogP) is 20.6. The number of aryl methyl sites for hydroxylation is 4. The zero-order valence-corrected chi connectivity index (χ0v) is 45.3. The first-order valence-corrected chi connectivity index (χ1v) is 29.6. The quantitative estimate of drug-likeness (QED) is 0.0662. The fraction of sp³-hybridized carbons (Fsp3) is 0.286. The van der Waals surface area contributed by atoms with Crippen molar-refractivity contribution in [1.82, 2.24) is 0 Å². The lowest BCUT2D eigenvalue weighted by Crippen LogP contribution is -2.28. The maximum absolute atomic E-state index is 2.63. The van der Waals surface area contributed by atoms with Gasteiger partial charge in [0.25, 0.3) is 0 Å². The minimum Gasteiger partial charge on any atom is -0.302 e. The van der Waals surface area contributed by atoms with Gasteiger partial charge in [-0.05, 0) is 179 Å². The minimum atomic E-state index is -0.139. The van der Waals surface area contributed by atoms with Crippen molar-refractivity contribution in [3.63, 3.8) is 0 Å². The molecule has 0 saturated carbocycles. The van der Waals surface area contributed by atoms with Gasteiger partial charge >= 0.3 is 0 Å². The van der Waals surface area contributed by atoms with Crippen molar-refractivity contribution in [3.05, 3.63) is 237 Å². The number of anilines is 6. The largest absolute Gasteiger partial charge is 0.302 e. The molecule has 0 spiro atoms. The van der Waals surface area contributed by atoms with Gasteiger partial charge in [0, 0.05) is 43.3 Å². The van der Waals surface area contributed by atoms with E-state index in [-0.39, 0.29) is 10.8 Å². The van der Waals surface area contributed by atoms with Gasteiger partial charge in [0.1, 0.15) is 10.0 Å². The molecule has 2 aromatic heterocycles. The molecule has 0 radical (unpaired) electrons. The summed E-state index contributed by atoms with van der Waals surface area (Å²) < 4.78 is 0. The van der Waals surface area contributed by atoms with Crippen molar-refractivity contribution in [2.45, 2.75) is 128 Å². The summed E-state index contributed by atoms with van der Waals surface area (Å²) in [5, 5.41) is 2.55. The van der Waals surface area contributed by atoms with Crippen LogP contribution in [0.3, 0.4) is 0 Å². The van der Waals surface area contributed by atoms with E-state index in [2.05, 4.69) is 219 Å². The topological polar surface area (TPSA) is 6.48 Å². The molecule has 0 saturated heterocycles. The molecule has 0 amide bonds. The Kier molecular flexibility index (Phi) is 13.8. The van der Waals surface area contributed by atoms with E-state index in [1.54, 1.807) is 5.56 Å². The normalized spacial score (nSPS) is 14.1. The molecule has 372 valence electrons. The van der Waals surface area contributed by atoms with Gasteiger partial charge in [0.2, 0.25) is 0 Å². The molecule has 0 unspecified atom stereocenters. The molecule has 3 aliphatic rings. The van der Waals surface area contributed by atoms with Crippen LogP contribution in [0.4, 0.5) is 32.8 Å². The molecule has 0 bridgehead atoms. The Morgan fingerprint density at radius 2 is 0.851 bits per heavy atom. The molecule has 9 aromatic rings. The second kappa shape index (κ2) is 21.0. The van der Waals surface area contributed by atoms with Crippen LogP contribution in [-0.2, 0) is 36.5 Å². The van der Waals surface area contributed by atoms with Crippen molar-refractivity contribution in [3.8, 4) is 22.3 Å². The number of fused-ring (bicyclic) bond motifs is 7. The van der Waals surface area contributed by atoms with Crippen molar-refractivity contribution in [1.29, 1.82) is 0 Å². The molecule has 2 nitrogen and oxygen atoms in total. The number of nitrogens with zero attached hydrogens (tertiary/aromatic N) is 2. The lowest BCUT2D eigenvalue weighted by molar-refractivity contribution is 0.397. The van der Waals surface area contributed by atoms with Crippen molar-refractivity contribution < 1.29 is 0 Å². The van der Waals surface area contributed by atoms with Crippen LogP contribution in [0.2, 0.25) is 0 Å². The summed E-state index contributed by atoms with van der Waals surface area (Å²) in [7, 11) is 0. The third kappa shape index (κ3) is 8.66. The molecule has 4 heteroatoms. The predicted molar refractivity (Wildman–Crippen MR) is 319 cm³/mol. The van der Waals surface area contributed by atoms with Crippen LogP contribution in [0.5, 0.6) is 0 Å². The van der Waals surface area contributed by atoms with Gasteiger partial charge in [-0.2, -0.15) is 0 Å². The molecule has 0 fully saturated rings. The second-order valence-electron chi connectivity index (χ2n) is 21.3. The van der Waals surface area contributed by atoms with Gasteiger partial charge < -0.3 is 9.80 Å². The Bertz CT molecular complexity index is 3210. The Hall–Kier alpha value is -6.46. The summed E-state index contributed by atoms with van der Waals surface area (Å²) in [4.78, 5) is 7.87. The number of para-hydroxylation sites is 2. The van der Waals surface area contributed by atoms with E-state index in [9.17, 15) is 0 Å². The molecular weight excluding hydrogens is 933 g/mol. The van der Waals surface area contributed by atoms with Gasteiger partial charge in [-0.1, -0.05) is 187 Å². The van der Waals surface area contributed by atoms with Gasteiger partial charge in [-0.3, -0.25) is 0 Å². The number of unbranched alkanes of at least 4 members (excludes halogenated alkanes) is 6. The highest BCUT2D eigenvalue weighted by molar-refractivity contribution is 7.16.